The average molecular weight is 541 g/mol. The van der Waals surface area contributed by atoms with Gasteiger partial charge < -0.3 is 33.9 Å². The molecule has 1 aliphatic heterocycles. The number of hydrogen-bond acceptors (Lipinski definition) is 11. The second-order valence-electron chi connectivity index (χ2n) is 11.3. The van der Waals surface area contributed by atoms with E-state index < -0.39 is 60.0 Å². The number of aliphatic hydroxyl groups is 2. The quantitative estimate of drug-likeness (QED) is 0.277. The van der Waals surface area contributed by atoms with E-state index in [0.29, 0.717) is 11.1 Å². The lowest BCUT2D eigenvalue weighted by Crippen LogP contribution is -2.56. The van der Waals surface area contributed by atoms with Gasteiger partial charge in [-0.1, -0.05) is 27.7 Å². The number of esters is 4. The molecular weight excluding hydrogens is 500 g/mol. The smallest absolute Gasteiger partial charge is 0.311 e. The summed E-state index contributed by atoms with van der Waals surface area (Å²) in [6.07, 6.45) is -0.207. The highest BCUT2D eigenvalue weighted by Crippen LogP contribution is 2.47. The van der Waals surface area contributed by atoms with Gasteiger partial charge in [-0.3, -0.25) is 19.2 Å². The van der Waals surface area contributed by atoms with Crippen molar-refractivity contribution in [1.82, 2.24) is 0 Å². The molecule has 0 saturated carbocycles. The Kier molecular flexibility index (Phi) is 10.5. The fourth-order valence-electron chi connectivity index (χ4n) is 4.18. The Morgan fingerprint density at radius 1 is 1.00 bits per heavy atom. The van der Waals surface area contributed by atoms with Crippen molar-refractivity contribution in [3.05, 3.63) is 23.5 Å². The summed E-state index contributed by atoms with van der Waals surface area (Å²) < 4.78 is 27.3. The minimum Gasteiger partial charge on any atom is -0.462 e. The SMILES string of the molecule is CC(=O)OCC1=COC(OC(=O)CC(C)(C)O)C2C1=CC(OC(=O)CC(C)C)C2(O)COC(=O)CC(C)C. The molecule has 0 aromatic carbocycles. The molecule has 38 heavy (non-hydrogen) atoms. The molecule has 2 rings (SSSR count). The van der Waals surface area contributed by atoms with Gasteiger partial charge in [0.2, 0.25) is 0 Å². The monoisotopic (exact) mass is 540 g/mol. The van der Waals surface area contributed by atoms with Crippen molar-refractivity contribution in [1.29, 1.82) is 0 Å². The summed E-state index contributed by atoms with van der Waals surface area (Å²) in [5.74, 6) is -3.72. The first-order valence-corrected chi connectivity index (χ1v) is 12.7. The number of fused-ring (bicyclic) bond motifs is 1. The van der Waals surface area contributed by atoms with E-state index in [1.165, 1.54) is 33.1 Å². The van der Waals surface area contributed by atoms with Crippen LogP contribution in [0.15, 0.2) is 23.5 Å². The van der Waals surface area contributed by atoms with Crippen molar-refractivity contribution in [2.24, 2.45) is 17.8 Å². The largest absolute Gasteiger partial charge is 0.462 e. The number of carbonyl (C=O) groups excluding carboxylic acids is 4. The zero-order valence-electron chi connectivity index (χ0n) is 23.1. The van der Waals surface area contributed by atoms with Crippen LogP contribution in [0.25, 0.3) is 0 Å². The molecule has 4 atom stereocenters. The van der Waals surface area contributed by atoms with E-state index in [2.05, 4.69) is 0 Å². The Bertz CT molecular complexity index is 957. The lowest BCUT2D eigenvalue weighted by atomic mass is 9.82. The van der Waals surface area contributed by atoms with Crippen molar-refractivity contribution >= 4 is 23.9 Å². The Morgan fingerprint density at radius 3 is 2.16 bits per heavy atom. The van der Waals surface area contributed by atoms with Gasteiger partial charge in [0, 0.05) is 25.3 Å². The summed E-state index contributed by atoms with van der Waals surface area (Å²) in [7, 11) is 0. The maximum Gasteiger partial charge on any atom is 0.311 e. The Morgan fingerprint density at radius 2 is 1.61 bits per heavy atom. The molecule has 4 unspecified atom stereocenters. The second kappa shape index (κ2) is 12.8. The van der Waals surface area contributed by atoms with E-state index in [4.69, 9.17) is 23.7 Å². The topological polar surface area (TPSA) is 155 Å². The lowest BCUT2D eigenvalue weighted by Gasteiger charge is -2.40. The van der Waals surface area contributed by atoms with Crippen LogP contribution in [0.4, 0.5) is 0 Å². The van der Waals surface area contributed by atoms with Crippen LogP contribution in [-0.4, -0.2) is 70.9 Å². The fraction of sp³-hybridized carbons (Fsp3) is 0.704. The molecule has 0 bridgehead atoms. The van der Waals surface area contributed by atoms with E-state index in [1.54, 1.807) is 0 Å². The average Bonchev–Trinajstić information content (AvgIpc) is 3.02. The molecule has 0 aromatic heterocycles. The Balaban J connectivity index is 2.46. The molecule has 11 nitrogen and oxygen atoms in total. The summed E-state index contributed by atoms with van der Waals surface area (Å²) in [4.78, 5) is 49.0. The van der Waals surface area contributed by atoms with E-state index in [-0.39, 0.29) is 37.7 Å². The third kappa shape index (κ3) is 8.83. The van der Waals surface area contributed by atoms with Gasteiger partial charge in [0.05, 0.1) is 24.2 Å². The molecule has 0 radical (unpaired) electrons. The molecule has 214 valence electrons. The molecule has 2 aliphatic rings. The zero-order valence-corrected chi connectivity index (χ0v) is 23.1. The molecule has 0 amide bonds. The van der Waals surface area contributed by atoms with Crippen LogP contribution in [0, 0.1) is 17.8 Å². The number of ether oxygens (including phenoxy) is 5. The van der Waals surface area contributed by atoms with Crippen LogP contribution < -0.4 is 0 Å². The molecule has 11 heteroatoms. The molecule has 1 aliphatic carbocycles. The normalized spacial score (nSPS) is 24.7. The van der Waals surface area contributed by atoms with Crippen molar-refractivity contribution in [3.63, 3.8) is 0 Å². The Hall–Kier alpha value is -2.92. The fourth-order valence-corrected chi connectivity index (χ4v) is 4.18. The highest BCUT2D eigenvalue weighted by molar-refractivity contribution is 5.72. The predicted molar refractivity (Wildman–Crippen MR) is 133 cm³/mol. The van der Waals surface area contributed by atoms with Gasteiger partial charge in [-0.15, -0.1) is 0 Å². The molecular formula is C27H40O11. The molecule has 0 spiro atoms. The third-order valence-electron chi connectivity index (χ3n) is 5.81. The van der Waals surface area contributed by atoms with Crippen LogP contribution in [0.3, 0.4) is 0 Å². The molecule has 0 saturated heterocycles. The van der Waals surface area contributed by atoms with E-state index in [9.17, 15) is 29.4 Å². The summed E-state index contributed by atoms with van der Waals surface area (Å²) in [5, 5.41) is 22.0. The minimum absolute atomic E-state index is 0.000826. The van der Waals surface area contributed by atoms with Gasteiger partial charge in [0.15, 0.2) is 11.7 Å². The van der Waals surface area contributed by atoms with Gasteiger partial charge in [0.1, 0.15) is 13.2 Å². The van der Waals surface area contributed by atoms with Crippen LogP contribution >= 0.6 is 0 Å². The van der Waals surface area contributed by atoms with Crippen LogP contribution in [0.2, 0.25) is 0 Å². The third-order valence-corrected chi connectivity index (χ3v) is 5.81. The van der Waals surface area contributed by atoms with Gasteiger partial charge in [-0.25, -0.2) is 0 Å². The standard InChI is InChI=1S/C27H40O11/c1-15(2)8-21(29)36-14-27(33)20(37-22(30)9-16(3)4)10-19-18(12-34-17(5)28)13-35-25(24(19)27)38-23(31)11-26(6,7)32/h10,13,15-16,20,24-25,32-33H,8-9,11-12,14H2,1-7H3. The van der Waals surface area contributed by atoms with Gasteiger partial charge in [-0.2, -0.15) is 0 Å². The predicted octanol–water partition coefficient (Wildman–Crippen LogP) is 2.33. The minimum atomic E-state index is -2.08. The molecule has 2 N–H and O–H groups in total. The first-order valence-electron chi connectivity index (χ1n) is 12.7. The van der Waals surface area contributed by atoms with E-state index in [0.717, 1.165) is 0 Å². The summed E-state index contributed by atoms with van der Waals surface area (Å²) in [6, 6.07) is 0. The van der Waals surface area contributed by atoms with Crippen LogP contribution in [0.5, 0.6) is 0 Å². The number of carbonyl (C=O) groups is 4. The molecule has 0 aromatic rings. The van der Waals surface area contributed by atoms with Crippen molar-refractivity contribution in [2.75, 3.05) is 13.2 Å². The van der Waals surface area contributed by atoms with Gasteiger partial charge in [0.25, 0.3) is 6.29 Å². The van der Waals surface area contributed by atoms with E-state index >= 15 is 0 Å². The van der Waals surface area contributed by atoms with Crippen molar-refractivity contribution in [2.45, 2.75) is 91.3 Å². The highest BCUT2D eigenvalue weighted by Gasteiger charge is 2.59. The number of hydrogen-bond donors (Lipinski definition) is 2. The molecule has 0 fully saturated rings. The lowest BCUT2D eigenvalue weighted by molar-refractivity contribution is -0.219. The Labute approximate surface area is 223 Å². The van der Waals surface area contributed by atoms with Gasteiger partial charge in [-0.05, 0) is 37.3 Å². The van der Waals surface area contributed by atoms with Crippen molar-refractivity contribution in [3.8, 4) is 0 Å². The summed E-state index contributed by atoms with van der Waals surface area (Å²) >= 11 is 0. The first kappa shape index (κ1) is 31.3. The first-order chi connectivity index (χ1) is 17.5. The molecule has 1 heterocycles. The van der Waals surface area contributed by atoms with E-state index in [1.807, 2.05) is 27.7 Å². The number of rotatable bonds is 12. The van der Waals surface area contributed by atoms with Gasteiger partial charge >= 0.3 is 23.9 Å². The maximum absolute atomic E-state index is 12.6. The highest BCUT2D eigenvalue weighted by atomic mass is 16.7. The summed E-state index contributed by atoms with van der Waals surface area (Å²) in [6.45, 7) is 10.6. The maximum atomic E-state index is 12.6. The summed E-state index contributed by atoms with van der Waals surface area (Å²) in [5.41, 5.74) is -2.75. The zero-order chi connectivity index (χ0) is 28.8. The van der Waals surface area contributed by atoms with Crippen LogP contribution in [-0.2, 0) is 42.9 Å². The second-order valence-corrected chi connectivity index (χ2v) is 11.3. The van der Waals surface area contributed by atoms with Crippen molar-refractivity contribution < 1.29 is 53.1 Å². The van der Waals surface area contributed by atoms with Crippen LogP contribution in [0.1, 0.15) is 67.7 Å².